The Kier molecular flexibility index (Phi) is 2.31. The molecule has 0 atom stereocenters. The van der Waals surface area contributed by atoms with Crippen molar-refractivity contribution in [3.8, 4) is 0 Å². The molecule has 0 radical (unpaired) electrons. The number of nitrogens with zero attached hydrogens (tertiary/aromatic N) is 1. The van der Waals surface area contributed by atoms with Crippen LogP contribution in [0.4, 0.5) is 0 Å². The normalized spacial score (nSPS) is 29.5. The lowest BCUT2D eigenvalue weighted by Crippen LogP contribution is -2.21. The molecule has 2 aliphatic carbocycles. The second kappa shape index (κ2) is 3.32. The van der Waals surface area contributed by atoms with Crippen molar-refractivity contribution in [3.05, 3.63) is 0 Å². The number of nitrogens with one attached hydrogen (secondary N) is 1. The van der Waals surface area contributed by atoms with Gasteiger partial charge in [0.2, 0.25) is 0 Å². The standard InChI is InChI=1S/C11H20N2/c1-11(2)7-3-4-10(11)13-12-8-9-5-6-9/h9,12H,3-8H2,1-2H3/b13-10+. The van der Waals surface area contributed by atoms with Crippen LogP contribution in [0.2, 0.25) is 0 Å². The van der Waals surface area contributed by atoms with Gasteiger partial charge in [0, 0.05) is 17.7 Å². The minimum atomic E-state index is 0.358. The Morgan fingerprint density at radius 3 is 2.77 bits per heavy atom. The van der Waals surface area contributed by atoms with Crippen LogP contribution in [0.5, 0.6) is 0 Å². The Morgan fingerprint density at radius 2 is 2.23 bits per heavy atom. The van der Waals surface area contributed by atoms with E-state index in [4.69, 9.17) is 0 Å². The van der Waals surface area contributed by atoms with Crippen LogP contribution >= 0.6 is 0 Å². The van der Waals surface area contributed by atoms with Crippen LogP contribution in [0.3, 0.4) is 0 Å². The Bertz CT molecular complexity index is 214. The highest BCUT2D eigenvalue weighted by atomic mass is 15.3. The van der Waals surface area contributed by atoms with Crippen molar-refractivity contribution in [1.29, 1.82) is 0 Å². The average molecular weight is 180 g/mol. The van der Waals surface area contributed by atoms with E-state index >= 15 is 0 Å². The van der Waals surface area contributed by atoms with E-state index in [0.717, 1.165) is 12.5 Å². The molecule has 0 aromatic carbocycles. The molecular weight excluding hydrogens is 160 g/mol. The molecule has 0 unspecified atom stereocenters. The molecule has 0 heterocycles. The largest absolute Gasteiger partial charge is 0.310 e. The maximum absolute atomic E-state index is 4.52. The average Bonchev–Trinajstić information content (AvgIpc) is 2.79. The smallest absolute Gasteiger partial charge is 0.0434 e. The van der Waals surface area contributed by atoms with E-state index in [-0.39, 0.29) is 0 Å². The maximum atomic E-state index is 4.52. The van der Waals surface area contributed by atoms with Crippen LogP contribution in [0.25, 0.3) is 0 Å². The second-order valence-electron chi connectivity index (χ2n) is 5.10. The van der Waals surface area contributed by atoms with Gasteiger partial charge in [0.1, 0.15) is 0 Å². The van der Waals surface area contributed by atoms with Crippen LogP contribution in [0.15, 0.2) is 5.10 Å². The molecule has 1 N–H and O–H groups in total. The van der Waals surface area contributed by atoms with Gasteiger partial charge < -0.3 is 5.43 Å². The highest BCUT2D eigenvalue weighted by Crippen LogP contribution is 2.34. The van der Waals surface area contributed by atoms with E-state index in [1.165, 1.54) is 37.8 Å². The van der Waals surface area contributed by atoms with E-state index in [2.05, 4.69) is 24.4 Å². The van der Waals surface area contributed by atoms with Crippen molar-refractivity contribution in [2.75, 3.05) is 6.54 Å². The van der Waals surface area contributed by atoms with E-state index in [1.54, 1.807) is 0 Å². The molecule has 2 heteroatoms. The summed E-state index contributed by atoms with van der Waals surface area (Å²) in [4.78, 5) is 0. The van der Waals surface area contributed by atoms with Gasteiger partial charge in [-0.05, 0) is 38.0 Å². The lowest BCUT2D eigenvalue weighted by Gasteiger charge is -2.17. The molecule has 2 rings (SSSR count). The number of hydrogen-bond acceptors (Lipinski definition) is 2. The van der Waals surface area contributed by atoms with Gasteiger partial charge >= 0.3 is 0 Å². The monoisotopic (exact) mass is 180 g/mol. The fourth-order valence-corrected chi connectivity index (χ4v) is 1.98. The summed E-state index contributed by atoms with van der Waals surface area (Å²) in [5.41, 5.74) is 4.97. The van der Waals surface area contributed by atoms with Crippen molar-refractivity contribution in [2.45, 2.75) is 46.0 Å². The minimum absolute atomic E-state index is 0.358. The summed E-state index contributed by atoms with van der Waals surface area (Å²) in [6.45, 7) is 5.70. The summed E-state index contributed by atoms with van der Waals surface area (Å²) >= 11 is 0. The van der Waals surface area contributed by atoms with E-state index < -0.39 is 0 Å². The zero-order valence-corrected chi connectivity index (χ0v) is 8.77. The zero-order chi connectivity index (χ0) is 9.31. The molecule has 0 spiro atoms. The van der Waals surface area contributed by atoms with Gasteiger partial charge in [-0.1, -0.05) is 13.8 Å². The van der Waals surface area contributed by atoms with Crippen LogP contribution in [-0.2, 0) is 0 Å². The summed E-state index contributed by atoms with van der Waals surface area (Å²) in [5, 5.41) is 4.52. The molecule has 2 aliphatic rings. The molecular formula is C11H20N2. The van der Waals surface area contributed by atoms with Gasteiger partial charge in [-0.25, -0.2) is 0 Å². The molecule has 2 fully saturated rings. The van der Waals surface area contributed by atoms with Crippen LogP contribution in [0.1, 0.15) is 46.0 Å². The van der Waals surface area contributed by atoms with Crippen molar-refractivity contribution in [2.24, 2.45) is 16.4 Å². The van der Waals surface area contributed by atoms with Gasteiger partial charge in [0.05, 0.1) is 0 Å². The van der Waals surface area contributed by atoms with Crippen molar-refractivity contribution < 1.29 is 0 Å². The Hall–Kier alpha value is -0.530. The van der Waals surface area contributed by atoms with Crippen LogP contribution < -0.4 is 5.43 Å². The van der Waals surface area contributed by atoms with Crippen LogP contribution in [0, 0.1) is 11.3 Å². The molecule has 13 heavy (non-hydrogen) atoms. The SMILES string of the molecule is CC1(C)CCC/C1=N\NCC1CC1. The molecule has 0 aliphatic heterocycles. The Balaban J connectivity index is 1.83. The maximum Gasteiger partial charge on any atom is 0.0434 e. The summed E-state index contributed by atoms with van der Waals surface area (Å²) in [7, 11) is 0. The zero-order valence-electron chi connectivity index (χ0n) is 8.77. The predicted molar refractivity (Wildman–Crippen MR) is 55.8 cm³/mol. The third-order valence-electron chi connectivity index (χ3n) is 3.29. The summed E-state index contributed by atoms with van der Waals surface area (Å²) in [6, 6.07) is 0. The van der Waals surface area contributed by atoms with Gasteiger partial charge in [-0.3, -0.25) is 0 Å². The van der Waals surface area contributed by atoms with Gasteiger partial charge in [-0.2, -0.15) is 5.10 Å². The fraction of sp³-hybridized carbons (Fsp3) is 0.909. The van der Waals surface area contributed by atoms with E-state index in [9.17, 15) is 0 Å². The lowest BCUT2D eigenvalue weighted by atomic mass is 9.90. The number of rotatable bonds is 3. The molecule has 2 saturated carbocycles. The molecule has 2 nitrogen and oxygen atoms in total. The van der Waals surface area contributed by atoms with E-state index in [1.807, 2.05) is 0 Å². The third-order valence-corrected chi connectivity index (χ3v) is 3.29. The second-order valence-corrected chi connectivity index (χ2v) is 5.10. The molecule has 0 amide bonds. The van der Waals surface area contributed by atoms with Gasteiger partial charge in [0.15, 0.2) is 0 Å². The summed E-state index contributed by atoms with van der Waals surface area (Å²) < 4.78 is 0. The van der Waals surface area contributed by atoms with Crippen molar-refractivity contribution >= 4 is 5.71 Å². The highest BCUT2D eigenvalue weighted by molar-refractivity contribution is 5.91. The summed E-state index contributed by atoms with van der Waals surface area (Å²) in [5.74, 6) is 0.925. The molecule has 0 aromatic heterocycles. The van der Waals surface area contributed by atoms with Crippen LogP contribution in [-0.4, -0.2) is 12.3 Å². The third kappa shape index (κ3) is 2.23. The fourth-order valence-electron chi connectivity index (χ4n) is 1.98. The quantitative estimate of drug-likeness (QED) is 0.663. The molecule has 74 valence electrons. The first-order valence-electron chi connectivity index (χ1n) is 5.48. The Morgan fingerprint density at radius 1 is 1.46 bits per heavy atom. The first-order valence-corrected chi connectivity index (χ1v) is 5.48. The Labute approximate surface area is 80.8 Å². The topological polar surface area (TPSA) is 24.4 Å². The molecule has 0 bridgehead atoms. The number of hydrazone groups is 1. The predicted octanol–water partition coefficient (Wildman–Crippen LogP) is 2.55. The van der Waals surface area contributed by atoms with Gasteiger partial charge in [0.25, 0.3) is 0 Å². The first kappa shape index (κ1) is 9.04. The summed E-state index contributed by atoms with van der Waals surface area (Å²) in [6.07, 6.45) is 6.63. The number of hydrogen-bond donors (Lipinski definition) is 1. The highest BCUT2D eigenvalue weighted by Gasteiger charge is 2.30. The van der Waals surface area contributed by atoms with Crippen molar-refractivity contribution in [1.82, 2.24) is 5.43 Å². The van der Waals surface area contributed by atoms with Crippen molar-refractivity contribution in [3.63, 3.8) is 0 Å². The van der Waals surface area contributed by atoms with E-state index in [0.29, 0.717) is 5.41 Å². The lowest BCUT2D eigenvalue weighted by molar-refractivity contribution is 0.506. The molecule has 0 aromatic rings. The first-order chi connectivity index (χ1) is 6.18. The molecule has 0 saturated heterocycles. The minimum Gasteiger partial charge on any atom is -0.310 e. The van der Waals surface area contributed by atoms with Gasteiger partial charge in [-0.15, -0.1) is 0 Å².